The monoisotopic (exact) mass is 504 g/mol. The predicted molar refractivity (Wildman–Crippen MR) is 128 cm³/mol. The van der Waals surface area contributed by atoms with Crippen molar-refractivity contribution < 1.29 is 24.0 Å². The Hall–Kier alpha value is -3.70. The van der Waals surface area contributed by atoms with Gasteiger partial charge in [0.1, 0.15) is 0 Å². The predicted octanol–water partition coefficient (Wildman–Crippen LogP) is 5.42. The fourth-order valence-electron chi connectivity index (χ4n) is 2.67. The Labute approximate surface area is 205 Å². The van der Waals surface area contributed by atoms with Gasteiger partial charge in [0, 0.05) is 11.0 Å². The summed E-state index contributed by atoms with van der Waals surface area (Å²) in [4.78, 5) is 37.4. The molecule has 0 saturated carbocycles. The van der Waals surface area contributed by atoms with E-state index in [1.807, 2.05) is 0 Å². The molecule has 3 aromatic rings. The minimum Gasteiger partial charge on any atom is -0.481 e. The number of para-hydroxylation sites is 1. The highest BCUT2D eigenvalue weighted by atomic mass is 35.5. The minimum atomic E-state index is -0.851. The molecule has 10 nitrogen and oxygen atoms in total. The zero-order valence-electron chi connectivity index (χ0n) is 17.6. The lowest BCUT2D eigenvalue weighted by Crippen LogP contribution is -2.07. The number of benzene rings is 2. The van der Waals surface area contributed by atoms with Crippen LogP contribution in [-0.4, -0.2) is 40.8 Å². The van der Waals surface area contributed by atoms with Crippen LogP contribution in [0.1, 0.15) is 30.3 Å². The number of carbonyl (C=O) groups is 1. The number of methoxy groups -OCH3 is 2. The molecule has 0 aliphatic heterocycles. The number of nitro benzene ring substituents is 1. The Bertz CT molecular complexity index is 1220. The molecule has 12 heteroatoms. The zero-order valence-corrected chi connectivity index (χ0v) is 19.2. The van der Waals surface area contributed by atoms with Gasteiger partial charge in [0.15, 0.2) is 5.16 Å². The summed E-state index contributed by atoms with van der Waals surface area (Å²) in [7, 11) is 2.91. The molecular weight excluding hydrogens is 484 g/mol. The van der Waals surface area contributed by atoms with Gasteiger partial charge in [0.05, 0.1) is 47.1 Å². The van der Waals surface area contributed by atoms with Crippen molar-refractivity contribution in [2.45, 2.75) is 24.4 Å². The van der Waals surface area contributed by atoms with E-state index in [0.29, 0.717) is 4.90 Å². The number of ether oxygens (including phenoxy) is 2. The maximum absolute atomic E-state index is 12.8. The van der Waals surface area contributed by atoms with Crippen molar-refractivity contribution in [1.29, 1.82) is 0 Å². The third kappa shape index (κ3) is 6.21. The summed E-state index contributed by atoms with van der Waals surface area (Å²) in [6, 6.07) is 12.3. The Morgan fingerprint density at radius 3 is 2.35 bits per heavy atom. The normalized spacial score (nSPS) is 10.8. The average molecular weight is 505 g/mol. The van der Waals surface area contributed by atoms with Crippen LogP contribution < -0.4 is 9.47 Å². The third-order valence-electron chi connectivity index (χ3n) is 4.21. The molecule has 0 fully saturated rings. The van der Waals surface area contributed by atoms with Gasteiger partial charge in [0.25, 0.3) is 5.69 Å². The molecule has 178 valence electrons. The van der Waals surface area contributed by atoms with Crippen molar-refractivity contribution in [3.05, 3.63) is 74.8 Å². The summed E-state index contributed by atoms with van der Waals surface area (Å²) >= 11 is 7.31. The lowest BCUT2D eigenvalue weighted by molar-refractivity contribution is -0.385. The van der Waals surface area contributed by atoms with Gasteiger partial charge in [-0.3, -0.25) is 10.1 Å². The van der Waals surface area contributed by atoms with Crippen molar-refractivity contribution in [2.24, 2.45) is 5.16 Å². The number of halogens is 1. The van der Waals surface area contributed by atoms with Crippen LogP contribution in [0.2, 0.25) is 5.02 Å². The quantitative estimate of drug-likeness (QED) is 0.130. The van der Waals surface area contributed by atoms with E-state index in [1.54, 1.807) is 18.2 Å². The smallest absolute Gasteiger partial charge is 0.368 e. The Balaban J connectivity index is 0.00000408. The largest absolute Gasteiger partial charge is 0.481 e. The number of nitro groups is 1. The first-order chi connectivity index (χ1) is 15.8. The first-order valence-electron chi connectivity index (χ1n) is 9.27. The third-order valence-corrected chi connectivity index (χ3v) is 5.45. The molecule has 0 saturated heterocycles. The molecule has 0 bridgehead atoms. The number of aromatic nitrogens is 2. The summed E-state index contributed by atoms with van der Waals surface area (Å²) < 4.78 is 10.3. The first kappa shape index (κ1) is 26.6. The second kappa shape index (κ2) is 12.0. The van der Waals surface area contributed by atoms with Crippen molar-refractivity contribution in [2.75, 3.05) is 14.2 Å². The second-order valence-corrected chi connectivity index (χ2v) is 7.70. The molecule has 2 aromatic carbocycles. The molecule has 1 heterocycles. The molecule has 1 aromatic heterocycles. The van der Waals surface area contributed by atoms with Crippen LogP contribution in [-0.2, 0) is 4.84 Å². The van der Waals surface area contributed by atoms with E-state index in [4.69, 9.17) is 25.9 Å². The van der Waals surface area contributed by atoms with E-state index >= 15 is 0 Å². The highest BCUT2D eigenvalue weighted by Gasteiger charge is 2.21. The van der Waals surface area contributed by atoms with Crippen LogP contribution in [0, 0.1) is 10.1 Å². The molecule has 0 spiro atoms. The molecule has 0 atom stereocenters. The summed E-state index contributed by atoms with van der Waals surface area (Å²) in [5.41, 5.74) is 0.250. The van der Waals surface area contributed by atoms with Gasteiger partial charge in [-0.25, -0.2) is 4.79 Å². The van der Waals surface area contributed by atoms with Crippen molar-refractivity contribution >= 4 is 40.7 Å². The SMILES string of the molecule is C.COc1cc(OC)nc(Sc2cccc(Cl)c2C(=O)O/N=C(\C)c2ccccc2[N+](=O)[O-])n1. The summed E-state index contributed by atoms with van der Waals surface area (Å²) in [5, 5.41) is 15.4. The molecular formula is C22H21ClN4O6S. The van der Waals surface area contributed by atoms with Crippen LogP contribution in [0.15, 0.2) is 63.7 Å². The van der Waals surface area contributed by atoms with Crippen LogP contribution in [0.5, 0.6) is 11.8 Å². The second-order valence-electron chi connectivity index (χ2n) is 6.28. The standard InChI is InChI=1S/C21H17ClN4O6S.CH4/c1-12(13-7-4-5-9-15(13)26(28)29)25-32-20(27)19-14(22)8-6-10-16(19)33-21-23-17(30-2)11-18(24-21)31-3;/h4-11H,1-3H3;1H4/b25-12+;. The van der Waals surface area contributed by atoms with E-state index in [0.717, 1.165) is 11.8 Å². The molecule has 0 aliphatic rings. The van der Waals surface area contributed by atoms with Gasteiger partial charge in [-0.05, 0) is 36.9 Å². The molecule has 0 unspecified atom stereocenters. The van der Waals surface area contributed by atoms with Gasteiger partial charge in [-0.15, -0.1) is 0 Å². The van der Waals surface area contributed by atoms with Gasteiger partial charge >= 0.3 is 5.97 Å². The topological polar surface area (TPSA) is 126 Å². The molecule has 3 rings (SSSR count). The maximum Gasteiger partial charge on any atom is 0.368 e. The van der Waals surface area contributed by atoms with E-state index in [-0.39, 0.29) is 51.9 Å². The number of oxime groups is 1. The number of nitrogens with zero attached hydrogens (tertiary/aromatic N) is 4. The summed E-state index contributed by atoms with van der Waals surface area (Å²) in [6.45, 7) is 1.49. The highest BCUT2D eigenvalue weighted by Crippen LogP contribution is 2.34. The lowest BCUT2D eigenvalue weighted by Gasteiger charge is -2.10. The average Bonchev–Trinajstić information content (AvgIpc) is 2.82. The molecule has 0 radical (unpaired) electrons. The summed E-state index contributed by atoms with van der Waals surface area (Å²) in [6.07, 6.45) is 0. The maximum atomic E-state index is 12.8. The van der Waals surface area contributed by atoms with E-state index in [9.17, 15) is 14.9 Å². The fraction of sp³-hybridized carbons (Fsp3) is 0.182. The van der Waals surface area contributed by atoms with Crippen LogP contribution in [0.25, 0.3) is 0 Å². The van der Waals surface area contributed by atoms with Gasteiger partial charge in [-0.2, -0.15) is 9.97 Å². The van der Waals surface area contributed by atoms with Gasteiger partial charge < -0.3 is 14.3 Å². The lowest BCUT2D eigenvalue weighted by atomic mass is 10.1. The number of hydrogen-bond donors (Lipinski definition) is 0. The van der Waals surface area contributed by atoms with Gasteiger partial charge in [0.2, 0.25) is 11.8 Å². The van der Waals surface area contributed by atoms with Crippen LogP contribution >= 0.6 is 23.4 Å². The zero-order chi connectivity index (χ0) is 24.0. The van der Waals surface area contributed by atoms with Crippen LogP contribution in [0.4, 0.5) is 5.69 Å². The van der Waals surface area contributed by atoms with Crippen LogP contribution in [0.3, 0.4) is 0 Å². The van der Waals surface area contributed by atoms with Crippen molar-refractivity contribution in [1.82, 2.24) is 9.97 Å². The van der Waals surface area contributed by atoms with Crippen molar-refractivity contribution in [3.63, 3.8) is 0 Å². The van der Waals surface area contributed by atoms with Gasteiger partial charge in [-0.1, -0.05) is 42.4 Å². The summed E-state index contributed by atoms with van der Waals surface area (Å²) in [5.74, 6) is -0.295. The molecule has 0 aliphatic carbocycles. The number of rotatable bonds is 8. The minimum absolute atomic E-state index is 0. The first-order valence-corrected chi connectivity index (χ1v) is 10.5. The Morgan fingerprint density at radius 1 is 1.09 bits per heavy atom. The number of carbonyl (C=O) groups excluding carboxylic acids is 1. The Morgan fingerprint density at radius 2 is 1.74 bits per heavy atom. The number of hydrogen-bond acceptors (Lipinski definition) is 10. The van der Waals surface area contributed by atoms with E-state index in [1.165, 1.54) is 51.5 Å². The fourth-order valence-corrected chi connectivity index (χ4v) is 3.89. The van der Waals surface area contributed by atoms with Crippen molar-refractivity contribution in [3.8, 4) is 11.8 Å². The van der Waals surface area contributed by atoms with E-state index in [2.05, 4.69) is 15.1 Å². The molecule has 34 heavy (non-hydrogen) atoms. The Kier molecular flexibility index (Phi) is 9.34. The highest BCUT2D eigenvalue weighted by molar-refractivity contribution is 7.99. The van der Waals surface area contributed by atoms with E-state index < -0.39 is 10.9 Å². The molecule has 0 N–H and O–H groups in total. The molecule has 0 amide bonds.